The van der Waals surface area contributed by atoms with Gasteiger partial charge in [0.15, 0.2) is 0 Å². The van der Waals surface area contributed by atoms with Gasteiger partial charge in [-0.2, -0.15) is 18.3 Å². The minimum atomic E-state index is -4.35. The Labute approximate surface area is 144 Å². The number of alkyl halides is 3. The summed E-state index contributed by atoms with van der Waals surface area (Å²) < 4.78 is 50.0. The predicted molar refractivity (Wildman–Crippen MR) is 84.6 cm³/mol. The van der Waals surface area contributed by atoms with Crippen molar-refractivity contribution in [2.45, 2.75) is 19.0 Å². The third-order valence-corrected chi connectivity index (χ3v) is 5.01. The number of carbonyl (C=O) groups is 1. The molecule has 1 unspecified atom stereocenters. The van der Waals surface area contributed by atoms with Crippen LogP contribution in [-0.2, 0) is 17.2 Å². The predicted octanol–water partition coefficient (Wildman–Crippen LogP) is 1.92. The number of nitrogens with zero attached hydrogens (tertiary/aromatic N) is 4. The third kappa shape index (κ3) is 4.25. The van der Waals surface area contributed by atoms with Gasteiger partial charge in [0.25, 0.3) is 5.91 Å². The monoisotopic (exact) mass is 372 g/mol. The maximum atomic E-state index is 12.5. The summed E-state index contributed by atoms with van der Waals surface area (Å²) in [5, 5.41) is 4.36. The van der Waals surface area contributed by atoms with E-state index in [0.29, 0.717) is 23.4 Å². The van der Waals surface area contributed by atoms with Gasteiger partial charge in [-0.3, -0.25) is 14.0 Å². The second kappa shape index (κ2) is 6.95. The topological polar surface area (TPSA) is 68.1 Å². The third-order valence-electron chi connectivity index (χ3n) is 3.75. The number of aromatic nitrogens is 3. The second-order valence-corrected chi connectivity index (χ2v) is 7.15. The number of fused-ring (bicyclic) bond motifs is 1. The lowest BCUT2D eigenvalue weighted by atomic mass is 10.1. The lowest BCUT2D eigenvalue weighted by Gasteiger charge is -2.25. The number of hydrogen-bond acceptors (Lipinski definition) is 4. The molecule has 0 bridgehead atoms. The smallest absolute Gasteiger partial charge is 0.326 e. The van der Waals surface area contributed by atoms with E-state index in [1.165, 1.54) is 4.90 Å². The van der Waals surface area contributed by atoms with Crippen LogP contribution < -0.4 is 0 Å². The van der Waals surface area contributed by atoms with Crippen molar-refractivity contribution in [3.8, 4) is 5.69 Å². The minimum Gasteiger partial charge on any atom is -0.326 e. The number of pyridine rings is 1. The molecule has 2 aromatic rings. The molecule has 0 radical (unpaired) electrons. The highest BCUT2D eigenvalue weighted by molar-refractivity contribution is 7.84. The van der Waals surface area contributed by atoms with E-state index in [4.69, 9.17) is 0 Å². The van der Waals surface area contributed by atoms with Gasteiger partial charge in [0, 0.05) is 41.9 Å². The van der Waals surface area contributed by atoms with E-state index in [1.54, 1.807) is 35.4 Å². The highest BCUT2D eigenvalue weighted by atomic mass is 32.2. The molecule has 1 aliphatic rings. The molecule has 1 aliphatic heterocycles. The van der Waals surface area contributed by atoms with Crippen LogP contribution in [0.4, 0.5) is 13.2 Å². The normalized spacial score (nSPS) is 16.0. The molecule has 1 atom stereocenters. The van der Waals surface area contributed by atoms with Crippen molar-refractivity contribution in [1.82, 2.24) is 19.7 Å². The first kappa shape index (κ1) is 17.6. The van der Waals surface area contributed by atoms with Gasteiger partial charge >= 0.3 is 6.18 Å². The van der Waals surface area contributed by atoms with E-state index >= 15 is 0 Å². The van der Waals surface area contributed by atoms with Gasteiger partial charge in [0.05, 0.1) is 35.4 Å². The van der Waals surface area contributed by atoms with Crippen LogP contribution in [0.25, 0.3) is 5.69 Å². The van der Waals surface area contributed by atoms with Gasteiger partial charge in [0.2, 0.25) is 0 Å². The van der Waals surface area contributed by atoms with Crippen molar-refractivity contribution in [1.29, 1.82) is 0 Å². The first-order valence-electron chi connectivity index (χ1n) is 7.53. The first-order chi connectivity index (χ1) is 11.8. The summed E-state index contributed by atoms with van der Waals surface area (Å²) in [6.45, 7) is 0.285. The maximum Gasteiger partial charge on any atom is 0.390 e. The fourth-order valence-corrected chi connectivity index (χ4v) is 3.68. The summed E-state index contributed by atoms with van der Waals surface area (Å²) in [5.41, 5.74) is 1.69. The SMILES string of the molecule is O=C1c2cn(-c3cccnc3)nc2CCN1CS(=O)CCC(F)(F)F. The molecule has 6 nitrogen and oxygen atoms in total. The average Bonchev–Trinajstić information content (AvgIpc) is 3.01. The number of hydrogen-bond donors (Lipinski definition) is 0. The summed E-state index contributed by atoms with van der Waals surface area (Å²) in [5.74, 6) is -1.07. The highest BCUT2D eigenvalue weighted by Gasteiger charge is 2.31. The van der Waals surface area contributed by atoms with Crippen LogP contribution in [0.5, 0.6) is 0 Å². The Morgan fingerprint density at radius 1 is 1.32 bits per heavy atom. The maximum absolute atomic E-state index is 12.5. The van der Waals surface area contributed by atoms with E-state index in [9.17, 15) is 22.2 Å². The van der Waals surface area contributed by atoms with Gasteiger partial charge in [-0.1, -0.05) is 0 Å². The van der Waals surface area contributed by atoms with Crippen molar-refractivity contribution < 1.29 is 22.2 Å². The Morgan fingerprint density at radius 3 is 2.80 bits per heavy atom. The van der Waals surface area contributed by atoms with E-state index in [2.05, 4.69) is 10.1 Å². The molecule has 0 saturated heterocycles. The van der Waals surface area contributed by atoms with Crippen LogP contribution in [0.15, 0.2) is 30.7 Å². The molecule has 0 spiro atoms. The molecule has 0 saturated carbocycles. The van der Waals surface area contributed by atoms with Crippen molar-refractivity contribution in [3.05, 3.63) is 42.0 Å². The number of amides is 1. The summed E-state index contributed by atoms with van der Waals surface area (Å²) in [4.78, 5) is 17.8. The summed E-state index contributed by atoms with van der Waals surface area (Å²) in [6.07, 6.45) is -0.210. The van der Waals surface area contributed by atoms with Gasteiger partial charge in [0.1, 0.15) is 0 Å². The first-order valence-corrected chi connectivity index (χ1v) is 9.02. The highest BCUT2D eigenvalue weighted by Crippen LogP contribution is 2.22. The van der Waals surface area contributed by atoms with Crippen molar-refractivity contribution in [2.24, 2.45) is 0 Å². The fraction of sp³-hybridized carbons (Fsp3) is 0.400. The van der Waals surface area contributed by atoms with Crippen LogP contribution in [0.2, 0.25) is 0 Å². The van der Waals surface area contributed by atoms with Crippen molar-refractivity contribution in [2.75, 3.05) is 18.2 Å². The molecule has 3 rings (SSSR count). The summed E-state index contributed by atoms with van der Waals surface area (Å²) in [7, 11) is -1.74. The van der Waals surface area contributed by atoms with Gasteiger partial charge < -0.3 is 4.90 Å². The second-order valence-electron chi connectivity index (χ2n) is 5.60. The Hall–Kier alpha value is -2.23. The summed E-state index contributed by atoms with van der Waals surface area (Å²) in [6, 6.07) is 3.54. The molecule has 0 aromatic carbocycles. The molecule has 134 valence electrons. The zero-order valence-electron chi connectivity index (χ0n) is 13.1. The molecule has 25 heavy (non-hydrogen) atoms. The average molecular weight is 372 g/mol. The molecular formula is C15H15F3N4O2S. The number of carbonyl (C=O) groups excluding carboxylic acids is 1. The molecule has 3 heterocycles. The minimum absolute atomic E-state index is 0.202. The zero-order valence-corrected chi connectivity index (χ0v) is 13.9. The molecule has 1 amide bonds. The quantitative estimate of drug-likeness (QED) is 0.804. The summed E-state index contributed by atoms with van der Waals surface area (Å²) >= 11 is 0. The van der Waals surface area contributed by atoms with E-state index in [0.717, 1.165) is 0 Å². The number of rotatable bonds is 5. The van der Waals surface area contributed by atoms with Crippen LogP contribution >= 0.6 is 0 Å². The van der Waals surface area contributed by atoms with E-state index in [1.807, 2.05) is 0 Å². The zero-order chi connectivity index (χ0) is 18.0. The molecule has 0 fully saturated rings. The van der Waals surface area contributed by atoms with E-state index in [-0.39, 0.29) is 18.3 Å². The van der Waals surface area contributed by atoms with Gasteiger partial charge in [-0.15, -0.1) is 0 Å². The largest absolute Gasteiger partial charge is 0.390 e. The Balaban J connectivity index is 1.69. The van der Waals surface area contributed by atoms with E-state index < -0.39 is 29.1 Å². The van der Waals surface area contributed by atoms with Crippen LogP contribution in [0.1, 0.15) is 22.5 Å². The fourth-order valence-electron chi connectivity index (χ4n) is 2.50. The molecule has 10 heteroatoms. The van der Waals surface area contributed by atoms with Gasteiger partial charge in [-0.25, -0.2) is 4.68 Å². The lowest BCUT2D eigenvalue weighted by Crippen LogP contribution is -2.39. The molecule has 0 N–H and O–H groups in total. The lowest BCUT2D eigenvalue weighted by molar-refractivity contribution is -0.129. The van der Waals surface area contributed by atoms with Gasteiger partial charge in [-0.05, 0) is 12.1 Å². The van der Waals surface area contributed by atoms with Crippen LogP contribution in [0.3, 0.4) is 0 Å². The number of halogens is 3. The Morgan fingerprint density at radius 2 is 2.12 bits per heavy atom. The Bertz CT molecular complexity index is 792. The Kier molecular flexibility index (Phi) is 4.89. The molecule has 0 aliphatic carbocycles. The van der Waals surface area contributed by atoms with Crippen LogP contribution in [-0.4, -0.2) is 54.1 Å². The van der Waals surface area contributed by atoms with Crippen molar-refractivity contribution in [3.63, 3.8) is 0 Å². The molecule has 2 aromatic heterocycles. The molecular weight excluding hydrogens is 357 g/mol. The van der Waals surface area contributed by atoms with Crippen molar-refractivity contribution >= 4 is 16.7 Å². The van der Waals surface area contributed by atoms with Crippen LogP contribution in [0, 0.1) is 0 Å². The standard InChI is InChI=1S/C15H15F3N4O2S/c16-15(17,18)4-7-25(24)10-21-6-3-13-12(14(21)23)9-22(20-13)11-2-1-5-19-8-11/h1-2,5,8-9H,3-4,6-7,10H2.